The molecule has 5 heteroatoms. The Hall–Kier alpha value is -2.69. The van der Waals surface area contributed by atoms with Gasteiger partial charge in [0.2, 0.25) is 5.91 Å². The first-order valence-corrected chi connectivity index (χ1v) is 8.01. The van der Waals surface area contributed by atoms with Crippen LogP contribution in [0.1, 0.15) is 18.9 Å². The maximum absolute atomic E-state index is 12.0. The highest BCUT2D eigenvalue weighted by Gasteiger charge is 2.07. The van der Waals surface area contributed by atoms with E-state index in [4.69, 9.17) is 9.47 Å². The van der Waals surface area contributed by atoms with Crippen molar-refractivity contribution < 1.29 is 14.3 Å². The van der Waals surface area contributed by atoms with Gasteiger partial charge in [-0.3, -0.25) is 4.79 Å². The zero-order valence-corrected chi connectivity index (χ0v) is 14.4. The summed E-state index contributed by atoms with van der Waals surface area (Å²) in [6.45, 7) is 2.70. The van der Waals surface area contributed by atoms with Crippen LogP contribution in [0.3, 0.4) is 0 Å². The molecule has 2 aromatic carbocycles. The Balaban J connectivity index is 1.82. The molecule has 0 heterocycles. The third kappa shape index (κ3) is 4.91. The lowest BCUT2D eigenvalue weighted by Crippen LogP contribution is -2.16. The van der Waals surface area contributed by atoms with E-state index in [0.29, 0.717) is 30.2 Å². The van der Waals surface area contributed by atoms with Crippen molar-refractivity contribution in [3.8, 4) is 11.5 Å². The number of rotatable bonds is 8. The van der Waals surface area contributed by atoms with E-state index in [9.17, 15) is 4.79 Å². The Morgan fingerprint density at radius 3 is 2.25 bits per heavy atom. The van der Waals surface area contributed by atoms with Gasteiger partial charge in [0.1, 0.15) is 0 Å². The largest absolute Gasteiger partial charge is 0.493 e. The van der Waals surface area contributed by atoms with Gasteiger partial charge in [0.15, 0.2) is 11.5 Å². The molecule has 0 aliphatic heterocycles. The van der Waals surface area contributed by atoms with Gasteiger partial charge in [0.05, 0.1) is 14.2 Å². The molecule has 5 nitrogen and oxygen atoms in total. The highest BCUT2D eigenvalue weighted by atomic mass is 16.5. The molecule has 0 atom stereocenters. The van der Waals surface area contributed by atoms with Crippen molar-refractivity contribution in [1.29, 1.82) is 0 Å². The smallest absolute Gasteiger partial charge is 0.226 e. The quantitative estimate of drug-likeness (QED) is 0.775. The van der Waals surface area contributed by atoms with E-state index >= 15 is 0 Å². The van der Waals surface area contributed by atoms with Crippen LogP contribution in [-0.4, -0.2) is 26.7 Å². The molecule has 0 fully saturated rings. The fourth-order valence-electron chi connectivity index (χ4n) is 2.32. The molecule has 0 bridgehead atoms. The molecule has 0 saturated heterocycles. The number of carbonyl (C=O) groups is 1. The lowest BCUT2D eigenvalue weighted by molar-refractivity contribution is -0.115. The number of hydrogen-bond donors (Lipinski definition) is 2. The zero-order valence-electron chi connectivity index (χ0n) is 14.4. The maximum atomic E-state index is 12.0. The molecule has 0 aliphatic carbocycles. The number of benzene rings is 2. The van der Waals surface area contributed by atoms with Crippen LogP contribution in [0, 0.1) is 0 Å². The first-order chi connectivity index (χ1) is 11.7. The van der Waals surface area contributed by atoms with Crippen molar-refractivity contribution in [2.75, 3.05) is 31.4 Å². The Morgan fingerprint density at radius 2 is 1.62 bits per heavy atom. The van der Waals surface area contributed by atoms with Crippen molar-refractivity contribution in [3.63, 3.8) is 0 Å². The van der Waals surface area contributed by atoms with E-state index in [1.807, 2.05) is 12.1 Å². The molecule has 2 aromatic rings. The van der Waals surface area contributed by atoms with Gasteiger partial charge in [-0.05, 0) is 36.2 Å². The summed E-state index contributed by atoms with van der Waals surface area (Å²) in [6.07, 6.45) is 1.40. The van der Waals surface area contributed by atoms with Crippen LogP contribution < -0.4 is 20.1 Å². The Morgan fingerprint density at radius 1 is 0.958 bits per heavy atom. The molecular weight excluding hydrogens is 304 g/mol. The van der Waals surface area contributed by atoms with Crippen molar-refractivity contribution in [3.05, 3.63) is 48.0 Å². The lowest BCUT2D eigenvalue weighted by atomic mass is 10.1. The fourth-order valence-corrected chi connectivity index (χ4v) is 2.32. The number of amides is 1. The van der Waals surface area contributed by atoms with Crippen LogP contribution in [0.5, 0.6) is 11.5 Å². The molecule has 2 N–H and O–H groups in total. The second-order valence-electron chi connectivity index (χ2n) is 5.35. The summed E-state index contributed by atoms with van der Waals surface area (Å²) in [7, 11) is 3.14. The van der Waals surface area contributed by atoms with Crippen molar-refractivity contribution in [1.82, 2.24) is 0 Å². The number of aryl methyl sites for hydroxylation is 1. The molecule has 1 amide bonds. The number of methoxy groups -OCH3 is 2. The van der Waals surface area contributed by atoms with Gasteiger partial charge >= 0.3 is 0 Å². The van der Waals surface area contributed by atoms with Gasteiger partial charge in [-0.1, -0.05) is 19.1 Å². The van der Waals surface area contributed by atoms with E-state index in [2.05, 4.69) is 29.7 Å². The minimum absolute atomic E-state index is 0.0556. The zero-order chi connectivity index (χ0) is 17.4. The number of carbonyl (C=O) groups excluding carboxylic acids is 1. The second-order valence-corrected chi connectivity index (χ2v) is 5.35. The normalized spacial score (nSPS) is 10.1. The lowest BCUT2D eigenvalue weighted by Gasteiger charge is -2.11. The predicted molar refractivity (Wildman–Crippen MR) is 97.1 cm³/mol. The summed E-state index contributed by atoms with van der Waals surface area (Å²) in [5.74, 6) is 1.16. The SMILES string of the molecule is CCc1ccc(NCCC(=O)Nc2ccc(OC)c(OC)c2)cc1. The average Bonchev–Trinajstić information content (AvgIpc) is 2.62. The number of ether oxygens (including phenoxy) is 2. The summed E-state index contributed by atoms with van der Waals surface area (Å²) in [5.41, 5.74) is 3.00. The Bertz CT molecular complexity index is 669. The standard InChI is InChI=1S/C19H24N2O3/c1-4-14-5-7-15(8-6-14)20-12-11-19(22)21-16-9-10-17(23-2)18(13-16)24-3/h5-10,13,20H,4,11-12H2,1-3H3,(H,21,22). The number of anilines is 2. The number of hydrogen-bond acceptors (Lipinski definition) is 4. The van der Waals surface area contributed by atoms with Crippen molar-refractivity contribution in [2.45, 2.75) is 19.8 Å². The maximum Gasteiger partial charge on any atom is 0.226 e. The topological polar surface area (TPSA) is 59.6 Å². The Kier molecular flexibility index (Phi) is 6.49. The second kappa shape index (κ2) is 8.82. The van der Waals surface area contributed by atoms with E-state index < -0.39 is 0 Å². The number of nitrogens with one attached hydrogen (secondary N) is 2. The third-order valence-corrected chi connectivity index (χ3v) is 3.71. The van der Waals surface area contributed by atoms with Gasteiger partial charge in [-0.15, -0.1) is 0 Å². The Labute approximate surface area is 143 Å². The van der Waals surface area contributed by atoms with Gasteiger partial charge in [0, 0.05) is 30.4 Å². The minimum atomic E-state index is -0.0556. The molecule has 0 unspecified atom stereocenters. The molecule has 0 spiro atoms. The molecule has 2 rings (SSSR count). The summed E-state index contributed by atoms with van der Waals surface area (Å²) in [6, 6.07) is 13.5. The van der Waals surface area contributed by atoms with Crippen LogP contribution in [-0.2, 0) is 11.2 Å². The van der Waals surface area contributed by atoms with E-state index in [1.54, 1.807) is 32.4 Å². The first kappa shape index (κ1) is 17.7. The minimum Gasteiger partial charge on any atom is -0.493 e. The van der Waals surface area contributed by atoms with Crippen LogP contribution in [0.25, 0.3) is 0 Å². The van der Waals surface area contributed by atoms with Crippen LogP contribution in [0.15, 0.2) is 42.5 Å². The monoisotopic (exact) mass is 328 g/mol. The third-order valence-electron chi connectivity index (χ3n) is 3.71. The molecule has 0 aromatic heterocycles. The van der Waals surface area contributed by atoms with E-state index in [-0.39, 0.29) is 5.91 Å². The van der Waals surface area contributed by atoms with Gasteiger partial charge in [-0.25, -0.2) is 0 Å². The summed E-state index contributed by atoms with van der Waals surface area (Å²) in [5, 5.41) is 6.11. The summed E-state index contributed by atoms with van der Waals surface area (Å²) >= 11 is 0. The molecule has 0 radical (unpaired) electrons. The van der Waals surface area contributed by atoms with Crippen LogP contribution in [0.4, 0.5) is 11.4 Å². The van der Waals surface area contributed by atoms with Crippen molar-refractivity contribution in [2.24, 2.45) is 0 Å². The summed E-state index contributed by atoms with van der Waals surface area (Å²) < 4.78 is 10.4. The van der Waals surface area contributed by atoms with E-state index in [1.165, 1.54) is 5.56 Å². The molecule has 0 saturated carbocycles. The van der Waals surface area contributed by atoms with Gasteiger partial charge < -0.3 is 20.1 Å². The highest BCUT2D eigenvalue weighted by molar-refractivity contribution is 5.91. The average molecular weight is 328 g/mol. The van der Waals surface area contributed by atoms with Crippen LogP contribution >= 0.6 is 0 Å². The summed E-state index contributed by atoms with van der Waals surface area (Å²) in [4.78, 5) is 12.0. The molecule has 0 aliphatic rings. The predicted octanol–water partition coefficient (Wildman–Crippen LogP) is 3.71. The van der Waals surface area contributed by atoms with Crippen molar-refractivity contribution >= 4 is 17.3 Å². The van der Waals surface area contributed by atoms with Gasteiger partial charge in [0.25, 0.3) is 0 Å². The molecule has 24 heavy (non-hydrogen) atoms. The highest BCUT2D eigenvalue weighted by Crippen LogP contribution is 2.29. The fraction of sp³-hybridized carbons (Fsp3) is 0.316. The molecule has 128 valence electrons. The first-order valence-electron chi connectivity index (χ1n) is 8.01. The van der Waals surface area contributed by atoms with Crippen LogP contribution in [0.2, 0.25) is 0 Å². The van der Waals surface area contributed by atoms with Gasteiger partial charge in [-0.2, -0.15) is 0 Å². The van der Waals surface area contributed by atoms with E-state index in [0.717, 1.165) is 12.1 Å². The molecular formula is C19H24N2O3.